The van der Waals surface area contributed by atoms with Crippen molar-refractivity contribution >= 4 is 0 Å². The van der Waals surface area contributed by atoms with Crippen molar-refractivity contribution in [3.05, 3.63) is 35.1 Å². The Kier molecular flexibility index (Phi) is 2.76. The molecule has 1 saturated heterocycles. The average Bonchev–Trinajstić information content (AvgIpc) is 2.18. The van der Waals surface area contributed by atoms with Crippen molar-refractivity contribution in [2.24, 2.45) is 0 Å². The summed E-state index contributed by atoms with van der Waals surface area (Å²) in [7, 11) is 0. The first-order valence-electron chi connectivity index (χ1n) is 5.19. The fourth-order valence-electron chi connectivity index (χ4n) is 2.13. The Hall–Kier alpha value is -0.930. The molecule has 1 fully saturated rings. The molecule has 0 saturated carbocycles. The van der Waals surface area contributed by atoms with Crippen molar-refractivity contribution in [3.8, 4) is 0 Å². The predicted octanol–water partition coefficient (Wildman–Crippen LogP) is 2.13. The molecule has 1 N–H and O–H groups in total. The van der Waals surface area contributed by atoms with Crippen molar-refractivity contribution in [2.45, 2.75) is 25.4 Å². The molecule has 0 aromatic heterocycles. The van der Waals surface area contributed by atoms with Crippen LogP contribution in [0.1, 0.15) is 24.0 Å². The molecule has 1 aromatic carbocycles. The normalized spacial score (nSPS) is 20.2. The van der Waals surface area contributed by atoms with Crippen LogP contribution in [0, 0.1) is 12.7 Å². The first kappa shape index (κ1) is 10.6. The molecule has 0 radical (unpaired) electrons. The third-order valence-electron chi connectivity index (χ3n) is 3.01. The largest absolute Gasteiger partial charge is 0.385 e. The number of benzene rings is 1. The lowest BCUT2D eigenvalue weighted by atomic mass is 9.84. The van der Waals surface area contributed by atoms with E-state index in [-0.39, 0.29) is 5.82 Å². The Balaban J connectivity index is 2.35. The van der Waals surface area contributed by atoms with Crippen LogP contribution >= 0.6 is 0 Å². The maximum absolute atomic E-state index is 12.9. The van der Waals surface area contributed by atoms with Gasteiger partial charge in [-0.15, -0.1) is 0 Å². The third kappa shape index (κ3) is 2.03. The van der Waals surface area contributed by atoms with Crippen LogP contribution < -0.4 is 0 Å². The van der Waals surface area contributed by atoms with Gasteiger partial charge in [0.2, 0.25) is 0 Å². The molecule has 0 unspecified atom stereocenters. The number of rotatable bonds is 1. The maximum Gasteiger partial charge on any atom is 0.123 e. The second kappa shape index (κ2) is 3.91. The molecule has 2 rings (SSSR count). The molecular weight excluding hydrogens is 195 g/mol. The van der Waals surface area contributed by atoms with Crippen molar-refractivity contribution in [2.75, 3.05) is 13.2 Å². The van der Waals surface area contributed by atoms with Crippen LogP contribution in [0.15, 0.2) is 18.2 Å². The Labute approximate surface area is 88.7 Å². The van der Waals surface area contributed by atoms with Gasteiger partial charge in [0.1, 0.15) is 5.82 Å². The Bertz CT molecular complexity index is 357. The SMILES string of the molecule is Cc1cc(F)ccc1C1(O)CCOCC1. The quantitative estimate of drug-likeness (QED) is 0.769. The van der Waals surface area contributed by atoms with Crippen LogP contribution in [0.3, 0.4) is 0 Å². The summed E-state index contributed by atoms with van der Waals surface area (Å²) in [6, 6.07) is 4.54. The lowest BCUT2D eigenvalue weighted by Gasteiger charge is -2.33. The van der Waals surface area contributed by atoms with E-state index in [0.717, 1.165) is 11.1 Å². The van der Waals surface area contributed by atoms with Gasteiger partial charge in [0.15, 0.2) is 0 Å². The van der Waals surface area contributed by atoms with Gasteiger partial charge in [-0.3, -0.25) is 0 Å². The van der Waals surface area contributed by atoms with E-state index in [2.05, 4.69) is 0 Å². The fourth-order valence-corrected chi connectivity index (χ4v) is 2.13. The first-order chi connectivity index (χ1) is 7.12. The van der Waals surface area contributed by atoms with E-state index < -0.39 is 5.60 Å². The zero-order valence-corrected chi connectivity index (χ0v) is 8.79. The molecule has 0 bridgehead atoms. The zero-order valence-electron chi connectivity index (χ0n) is 8.79. The lowest BCUT2D eigenvalue weighted by Crippen LogP contribution is -2.34. The number of aliphatic hydroxyl groups is 1. The minimum atomic E-state index is -0.837. The monoisotopic (exact) mass is 210 g/mol. The van der Waals surface area contributed by atoms with Gasteiger partial charge in [0, 0.05) is 26.1 Å². The molecule has 3 heteroatoms. The van der Waals surface area contributed by atoms with Gasteiger partial charge in [-0.25, -0.2) is 4.39 Å². The predicted molar refractivity (Wildman–Crippen MR) is 55.1 cm³/mol. The fraction of sp³-hybridized carbons (Fsp3) is 0.500. The molecular formula is C12H15FO2. The van der Waals surface area contributed by atoms with E-state index in [1.807, 2.05) is 6.92 Å². The summed E-state index contributed by atoms with van der Waals surface area (Å²) in [5, 5.41) is 10.4. The molecule has 1 aromatic rings. The van der Waals surface area contributed by atoms with E-state index in [4.69, 9.17) is 4.74 Å². The molecule has 0 amide bonds. The highest BCUT2D eigenvalue weighted by molar-refractivity contribution is 5.32. The minimum Gasteiger partial charge on any atom is -0.385 e. The van der Waals surface area contributed by atoms with Crippen molar-refractivity contribution in [1.82, 2.24) is 0 Å². The number of hydrogen-bond donors (Lipinski definition) is 1. The van der Waals surface area contributed by atoms with Gasteiger partial charge in [-0.05, 0) is 30.2 Å². The average molecular weight is 210 g/mol. The van der Waals surface area contributed by atoms with Crippen molar-refractivity contribution in [1.29, 1.82) is 0 Å². The van der Waals surface area contributed by atoms with Crippen molar-refractivity contribution in [3.63, 3.8) is 0 Å². The van der Waals surface area contributed by atoms with Crippen LogP contribution in [-0.2, 0) is 10.3 Å². The Morgan fingerprint density at radius 1 is 1.33 bits per heavy atom. The second-order valence-electron chi connectivity index (χ2n) is 4.10. The van der Waals surface area contributed by atoms with Crippen LogP contribution in [0.5, 0.6) is 0 Å². The lowest BCUT2D eigenvalue weighted by molar-refractivity contribution is -0.0682. The summed E-state index contributed by atoms with van der Waals surface area (Å²) in [6.45, 7) is 2.95. The Morgan fingerprint density at radius 2 is 2.00 bits per heavy atom. The smallest absolute Gasteiger partial charge is 0.123 e. The maximum atomic E-state index is 12.9. The number of halogens is 1. The van der Waals surface area contributed by atoms with E-state index in [0.29, 0.717) is 26.1 Å². The summed E-state index contributed by atoms with van der Waals surface area (Å²) < 4.78 is 18.1. The molecule has 1 aliphatic rings. The van der Waals surface area contributed by atoms with Gasteiger partial charge in [0.05, 0.1) is 5.60 Å². The van der Waals surface area contributed by atoms with Crippen LogP contribution in [0.4, 0.5) is 4.39 Å². The third-order valence-corrected chi connectivity index (χ3v) is 3.01. The number of aryl methyl sites for hydroxylation is 1. The van der Waals surface area contributed by atoms with Gasteiger partial charge < -0.3 is 9.84 Å². The molecule has 15 heavy (non-hydrogen) atoms. The minimum absolute atomic E-state index is 0.257. The molecule has 0 aliphatic carbocycles. The zero-order chi connectivity index (χ0) is 10.9. The molecule has 1 heterocycles. The highest BCUT2D eigenvalue weighted by atomic mass is 19.1. The molecule has 0 spiro atoms. The Morgan fingerprint density at radius 3 is 2.60 bits per heavy atom. The molecule has 0 atom stereocenters. The van der Waals surface area contributed by atoms with Gasteiger partial charge >= 0.3 is 0 Å². The van der Waals surface area contributed by atoms with Crippen LogP contribution in [0.25, 0.3) is 0 Å². The number of hydrogen-bond acceptors (Lipinski definition) is 2. The van der Waals surface area contributed by atoms with E-state index >= 15 is 0 Å². The summed E-state index contributed by atoms with van der Waals surface area (Å²) >= 11 is 0. The first-order valence-corrected chi connectivity index (χ1v) is 5.19. The highest BCUT2D eigenvalue weighted by Crippen LogP contribution is 2.33. The van der Waals surface area contributed by atoms with E-state index in [1.165, 1.54) is 12.1 Å². The highest BCUT2D eigenvalue weighted by Gasteiger charge is 2.32. The molecule has 82 valence electrons. The van der Waals surface area contributed by atoms with Crippen LogP contribution in [0.2, 0.25) is 0 Å². The van der Waals surface area contributed by atoms with Gasteiger partial charge in [-0.2, -0.15) is 0 Å². The van der Waals surface area contributed by atoms with E-state index in [9.17, 15) is 9.50 Å². The topological polar surface area (TPSA) is 29.5 Å². The van der Waals surface area contributed by atoms with Gasteiger partial charge in [-0.1, -0.05) is 6.07 Å². The molecule has 2 nitrogen and oxygen atoms in total. The van der Waals surface area contributed by atoms with Gasteiger partial charge in [0.25, 0.3) is 0 Å². The number of ether oxygens (including phenoxy) is 1. The summed E-state index contributed by atoms with van der Waals surface area (Å²) in [6.07, 6.45) is 1.17. The van der Waals surface area contributed by atoms with Crippen LogP contribution in [-0.4, -0.2) is 18.3 Å². The molecule has 1 aliphatic heterocycles. The summed E-state index contributed by atoms with van der Waals surface area (Å²) in [5.41, 5.74) is 0.794. The summed E-state index contributed by atoms with van der Waals surface area (Å²) in [5.74, 6) is -0.257. The second-order valence-corrected chi connectivity index (χ2v) is 4.10. The summed E-state index contributed by atoms with van der Waals surface area (Å²) in [4.78, 5) is 0. The van der Waals surface area contributed by atoms with E-state index in [1.54, 1.807) is 6.07 Å². The van der Waals surface area contributed by atoms with Crippen molar-refractivity contribution < 1.29 is 14.2 Å². The standard InChI is InChI=1S/C12H15FO2/c1-9-8-10(13)2-3-11(9)12(14)4-6-15-7-5-12/h2-3,8,14H,4-7H2,1H3.